The summed E-state index contributed by atoms with van der Waals surface area (Å²) in [5.41, 5.74) is 3.53. The fraction of sp³-hybridized carbons (Fsp3) is 0.714. The Balaban J connectivity index is 2.46. The van der Waals surface area contributed by atoms with Crippen LogP contribution in [0.1, 0.15) is 38.6 Å². The number of anilines is 2. The predicted octanol–water partition coefficient (Wildman–Crippen LogP) is 2.11. The Bertz CT molecular complexity index is 409. The van der Waals surface area contributed by atoms with Gasteiger partial charge in [-0.1, -0.05) is 20.8 Å². The Kier molecular flexibility index (Phi) is 7.25. The molecule has 0 aromatic carbocycles. The van der Waals surface area contributed by atoms with E-state index in [2.05, 4.69) is 34.6 Å². The molecule has 0 aliphatic rings. The van der Waals surface area contributed by atoms with Crippen LogP contribution in [0.3, 0.4) is 0 Å². The van der Waals surface area contributed by atoms with Crippen LogP contribution in [0.4, 0.5) is 11.6 Å². The van der Waals surface area contributed by atoms with E-state index in [1.165, 1.54) is 0 Å². The molecule has 0 unspecified atom stereocenters. The number of hydrazine groups is 1. The minimum absolute atomic E-state index is 0.667. The Morgan fingerprint density at radius 1 is 1.20 bits per heavy atom. The van der Waals surface area contributed by atoms with Crippen LogP contribution in [0.2, 0.25) is 0 Å². The smallest absolute Gasteiger partial charge is 0.148 e. The zero-order valence-electron chi connectivity index (χ0n) is 13.0. The van der Waals surface area contributed by atoms with E-state index in [9.17, 15) is 0 Å². The molecule has 1 heterocycles. The highest BCUT2D eigenvalue weighted by atomic mass is 16.5. The van der Waals surface area contributed by atoms with Gasteiger partial charge in [0, 0.05) is 25.1 Å². The molecule has 0 aliphatic carbocycles. The molecule has 0 radical (unpaired) electrons. The van der Waals surface area contributed by atoms with Crippen molar-refractivity contribution in [3.8, 4) is 0 Å². The molecule has 0 bridgehead atoms. The lowest BCUT2D eigenvalue weighted by Crippen LogP contribution is -2.17. The highest BCUT2D eigenvalue weighted by Gasteiger charge is 2.08. The van der Waals surface area contributed by atoms with Gasteiger partial charge in [-0.15, -0.1) is 0 Å². The fourth-order valence-electron chi connectivity index (χ4n) is 1.70. The van der Waals surface area contributed by atoms with Gasteiger partial charge in [-0.2, -0.15) is 0 Å². The van der Waals surface area contributed by atoms with Gasteiger partial charge in [-0.05, 0) is 19.3 Å². The summed E-state index contributed by atoms with van der Waals surface area (Å²) in [6, 6.07) is 0. The lowest BCUT2D eigenvalue weighted by Gasteiger charge is -2.13. The van der Waals surface area contributed by atoms with Gasteiger partial charge in [0.2, 0.25) is 0 Å². The number of nitrogens with zero attached hydrogens (tertiary/aromatic N) is 2. The van der Waals surface area contributed by atoms with Crippen LogP contribution >= 0.6 is 0 Å². The summed E-state index contributed by atoms with van der Waals surface area (Å²) in [6.07, 6.45) is 1.86. The molecule has 1 aromatic rings. The van der Waals surface area contributed by atoms with Crippen molar-refractivity contribution in [3.05, 3.63) is 11.4 Å². The first kappa shape index (κ1) is 16.7. The molecular formula is C14H27N5O. The minimum atomic E-state index is 0.667. The minimum Gasteiger partial charge on any atom is -0.380 e. The van der Waals surface area contributed by atoms with Gasteiger partial charge in [-0.3, -0.25) is 0 Å². The number of aromatic nitrogens is 2. The molecule has 0 saturated heterocycles. The second kappa shape index (κ2) is 8.71. The second-order valence-corrected chi connectivity index (χ2v) is 5.18. The molecule has 6 nitrogen and oxygen atoms in total. The van der Waals surface area contributed by atoms with E-state index in [1.807, 2.05) is 13.8 Å². The summed E-state index contributed by atoms with van der Waals surface area (Å²) in [6.45, 7) is 10.5. The van der Waals surface area contributed by atoms with Crippen LogP contribution in [0.15, 0.2) is 0 Å². The fourth-order valence-corrected chi connectivity index (χ4v) is 1.70. The number of ether oxygens (including phenoxy) is 1. The Hall–Kier alpha value is -1.40. The number of hydrogen-bond acceptors (Lipinski definition) is 6. The van der Waals surface area contributed by atoms with Crippen molar-refractivity contribution in [2.75, 3.05) is 30.5 Å². The molecule has 0 aliphatic heterocycles. The van der Waals surface area contributed by atoms with Crippen LogP contribution in [0, 0.1) is 12.8 Å². The molecule has 0 spiro atoms. The number of rotatable bonds is 9. The Labute approximate surface area is 121 Å². The predicted molar refractivity (Wildman–Crippen MR) is 82.7 cm³/mol. The zero-order chi connectivity index (χ0) is 15.0. The molecule has 20 heavy (non-hydrogen) atoms. The number of nitrogen functional groups attached to an aromatic ring is 1. The molecular weight excluding hydrogens is 254 g/mol. The van der Waals surface area contributed by atoms with Crippen LogP contribution in [-0.4, -0.2) is 29.7 Å². The Morgan fingerprint density at radius 3 is 2.50 bits per heavy atom. The third-order valence-electron chi connectivity index (χ3n) is 3.02. The highest BCUT2D eigenvalue weighted by Crippen LogP contribution is 2.19. The van der Waals surface area contributed by atoms with E-state index in [0.29, 0.717) is 18.3 Å². The summed E-state index contributed by atoms with van der Waals surface area (Å²) in [5.74, 6) is 8.40. The molecule has 114 valence electrons. The number of aryl methyl sites for hydroxylation is 1. The maximum absolute atomic E-state index is 5.57. The van der Waals surface area contributed by atoms with Crippen molar-refractivity contribution in [2.24, 2.45) is 11.8 Å². The molecule has 0 fully saturated rings. The summed E-state index contributed by atoms with van der Waals surface area (Å²) >= 11 is 0. The van der Waals surface area contributed by atoms with E-state index in [-0.39, 0.29) is 0 Å². The first-order valence-electron chi connectivity index (χ1n) is 7.24. The normalized spacial score (nSPS) is 10.9. The average molecular weight is 281 g/mol. The van der Waals surface area contributed by atoms with Gasteiger partial charge >= 0.3 is 0 Å². The van der Waals surface area contributed by atoms with E-state index in [1.54, 1.807) is 0 Å². The first-order chi connectivity index (χ1) is 9.58. The lowest BCUT2D eigenvalue weighted by atomic mass is 10.1. The Morgan fingerprint density at radius 2 is 1.90 bits per heavy atom. The zero-order valence-corrected chi connectivity index (χ0v) is 13.0. The van der Waals surface area contributed by atoms with Crippen LogP contribution in [0.25, 0.3) is 0 Å². The number of nitrogens with one attached hydrogen (secondary N) is 2. The van der Waals surface area contributed by atoms with Crippen LogP contribution in [-0.2, 0) is 11.2 Å². The summed E-state index contributed by atoms with van der Waals surface area (Å²) in [7, 11) is 0. The topological polar surface area (TPSA) is 85.1 Å². The number of hydrogen-bond donors (Lipinski definition) is 3. The van der Waals surface area contributed by atoms with Gasteiger partial charge in [0.25, 0.3) is 0 Å². The molecule has 4 N–H and O–H groups in total. The van der Waals surface area contributed by atoms with Gasteiger partial charge in [0.05, 0.1) is 6.61 Å². The maximum Gasteiger partial charge on any atom is 0.148 e. The second-order valence-electron chi connectivity index (χ2n) is 5.18. The van der Waals surface area contributed by atoms with Gasteiger partial charge in [0.1, 0.15) is 17.5 Å². The maximum atomic E-state index is 5.57. The van der Waals surface area contributed by atoms with Crippen LogP contribution < -0.4 is 16.6 Å². The molecule has 1 aromatic heterocycles. The first-order valence-corrected chi connectivity index (χ1v) is 7.24. The molecule has 0 amide bonds. The third kappa shape index (κ3) is 5.30. The quantitative estimate of drug-likeness (QED) is 0.365. The van der Waals surface area contributed by atoms with Crippen molar-refractivity contribution >= 4 is 11.6 Å². The van der Waals surface area contributed by atoms with E-state index in [4.69, 9.17) is 10.6 Å². The van der Waals surface area contributed by atoms with Gasteiger partial charge < -0.3 is 15.5 Å². The van der Waals surface area contributed by atoms with Crippen molar-refractivity contribution in [2.45, 2.75) is 40.5 Å². The summed E-state index contributed by atoms with van der Waals surface area (Å²) in [5, 5.41) is 3.28. The molecule has 1 rings (SSSR count). The monoisotopic (exact) mass is 281 g/mol. The summed E-state index contributed by atoms with van der Waals surface area (Å²) in [4.78, 5) is 8.80. The standard InChI is InChI=1S/C14H27N5O/c1-5-12-17-13(11(4)14(18-12)19-15)16-7-9-20-8-6-10(2)3/h10H,5-9,15H2,1-4H3,(H2,16,17,18,19). The summed E-state index contributed by atoms with van der Waals surface area (Å²) < 4.78 is 5.57. The third-order valence-corrected chi connectivity index (χ3v) is 3.02. The average Bonchev–Trinajstić information content (AvgIpc) is 2.43. The lowest BCUT2D eigenvalue weighted by molar-refractivity contribution is 0.132. The van der Waals surface area contributed by atoms with Crippen molar-refractivity contribution in [1.29, 1.82) is 0 Å². The number of nitrogens with two attached hydrogens (primary N) is 1. The molecule has 6 heteroatoms. The van der Waals surface area contributed by atoms with Gasteiger partial charge in [0.15, 0.2) is 0 Å². The highest BCUT2D eigenvalue weighted by molar-refractivity contribution is 5.56. The van der Waals surface area contributed by atoms with E-state index < -0.39 is 0 Å². The SMILES string of the molecule is CCc1nc(NN)c(C)c(NCCOCCC(C)C)n1. The van der Waals surface area contributed by atoms with E-state index >= 15 is 0 Å². The van der Waals surface area contributed by atoms with Crippen LogP contribution in [0.5, 0.6) is 0 Å². The van der Waals surface area contributed by atoms with Crippen molar-refractivity contribution in [1.82, 2.24) is 9.97 Å². The molecule has 0 saturated carbocycles. The van der Waals surface area contributed by atoms with E-state index in [0.717, 1.165) is 43.2 Å². The largest absolute Gasteiger partial charge is 0.380 e. The van der Waals surface area contributed by atoms with Crippen molar-refractivity contribution < 1.29 is 4.74 Å². The van der Waals surface area contributed by atoms with Crippen molar-refractivity contribution in [3.63, 3.8) is 0 Å². The van der Waals surface area contributed by atoms with Gasteiger partial charge in [-0.25, -0.2) is 15.8 Å². The molecule has 0 atom stereocenters.